The van der Waals surface area contributed by atoms with E-state index in [1.807, 2.05) is 12.3 Å². The fourth-order valence-corrected chi connectivity index (χ4v) is 3.48. The molecule has 1 aromatic rings. The van der Waals surface area contributed by atoms with Gasteiger partial charge in [0.1, 0.15) is 5.82 Å². The quantitative estimate of drug-likeness (QED) is 0.740. The van der Waals surface area contributed by atoms with Gasteiger partial charge < -0.3 is 15.5 Å². The van der Waals surface area contributed by atoms with E-state index in [0.29, 0.717) is 12.3 Å². The van der Waals surface area contributed by atoms with Crippen molar-refractivity contribution >= 4 is 0 Å². The van der Waals surface area contributed by atoms with E-state index in [0.717, 1.165) is 24.5 Å². The molecule has 1 fully saturated rings. The van der Waals surface area contributed by atoms with Gasteiger partial charge in [-0.25, -0.2) is 9.97 Å². The molecule has 0 radical (unpaired) electrons. The van der Waals surface area contributed by atoms with Gasteiger partial charge in [0.05, 0.1) is 6.10 Å². The molecule has 2 rings (SSSR count). The highest BCUT2D eigenvalue weighted by Gasteiger charge is 2.42. The van der Waals surface area contributed by atoms with Crippen LogP contribution in [-0.2, 0) is 11.8 Å². The first-order chi connectivity index (χ1) is 11.2. The highest BCUT2D eigenvalue weighted by Crippen LogP contribution is 2.35. The van der Waals surface area contributed by atoms with Crippen LogP contribution >= 0.6 is 0 Å². The van der Waals surface area contributed by atoms with Crippen LogP contribution in [0.1, 0.15) is 52.6 Å². The average Bonchev–Trinajstić information content (AvgIpc) is 2.79. The molecule has 0 bridgehead atoms. The van der Waals surface area contributed by atoms with E-state index in [2.05, 4.69) is 44.9 Å². The van der Waals surface area contributed by atoms with Crippen molar-refractivity contribution in [2.45, 2.75) is 65.0 Å². The molecule has 0 amide bonds. The van der Waals surface area contributed by atoms with Crippen LogP contribution in [-0.4, -0.2) is 45.5 Å². The Morgan fingerprint density at radius 1 is 1.29 bits per heavy atom. The van der Waals surface area contributed by atoms with Crippen LogP contribution in [0, 0.1) is 17.8 Å². The van der Waals surface area contributed by atoms with Crippen LogP contribution in [0.25, 0.3) is 0 Å². The Balaban J connectivity index is 2.16. The van der Waals surface area contributed by atoms with Crippen molar-refractivity contribution in [3.63, 3.8) is 0 Å². The van der Waals surface area contributed by atoms with Crippen molar-refractivity contribution in [2.75, 3.05) is 13.2 Å². The topological polar surface area (TPSA) is 78.3 Å². The summed E-state index contributed by atoms with van der Waals surface area (Å²) in [6.45, 7) is 11.6. The lowest BCUT2D eigenvalue weighted by molar-refractivity contribution is 0.0715. The first-order valence-corrected chi connectivity index (χ1v) is 9.07. The minimum atomic E-state index is -0.450. The number of rotatable bonds is 6. The molecule has 1 saturated carbocycles. The second kappa shape index (κ2) is 7.89. The zero-order valence-electron chi connectivity index (χ0n) is 15.7. The lowest BCUT2D eigenvalue weighted by atomic mass is 9.88. The Labute approximate surface area is 145 Å². The summed E-state index contributed by atoms with van der Waals surface area (Å²) in [4.78, 5) is 9.12. The van der Waals surface area contributed by atoms with Crippen LogP contribution in [0.2, 0.25) is 0 Å². The Morgan fingerprint density at radius 2 is 2.00 bits per heavy atom. The van der Waals surface area contributed by atoms with Crippen LogP contribution in [0.15, 0.2) is 12.3 Å². The van der Waals surface area contributed by atoms with Gasteiger partial charge in [0.25, 0.3) is 0 Å². The minimum absolute atomic E-state index is 0.0168. The lowest BCUT2D eigenvalue weighted by Gasteiger charge is -2.26. The highest BCUT2D eigenvalue weighted by atomic mass is 16.3. The van der Waals surface area contributed by atoms with E-state index in [1.54, 1.807) is 0 Å². The first-order valence-electron chi connectivity index (χ1n) is 9.07. The second-order valence-corrected chi connectivity index (χ2v) is 8.55. The number of nitrogens with one attached hydrogen (secondary N) is 1. The van der Waals surface area contributed by atoms with Crippen molar-refractivity contribution in [1.29, 1.82) is 0 Å². The number of nitrogens with zero attached hydrogens (tertiary/aromatic N) is 2. The molecular weight excluding hydrogens is 302 g/mol. The molecule has 4 unspecified atom stereocenters. The Bertz CT molecular complexity index is 528. The first kappa shape index (κ1) is 19.3. The summed E-state index contributed by atoms with van der Waals surface area (Å²) in [6.07, 6.45) is 2.82. The third-order valence-electron chi connectivity index (χ3n) is 4.88. The Morgan fingerprint density at radius 3 is 2.58 bits per heavy atom. The van der Waals surface area contributed by atoms with Gasteiger partial charge in [-0.2, -0.15) is 0 Å². The molecule has 136 valence electrons. The number of hydrogen-bond donors (Lipinski definition) is 3. The van der Waals surface area contributed by atoms with Gasteiger partial charge in [-0.15, -0.1) is 0 Å². The summed E-state index contributed by atoms with van der Waals surface area (Å²) in [6, 6.07) is 2.17. The number of aromatic nitrogens is 2. The molecule has 0 aromatic carbocycles. The van der Waals surface area contributed by atoms with Gasteiger partial charge in [-0.05, 0) is 37.3 Å². The maximum atomic E-state index is 10.3. The molecule has 5 heteroatoms. The fourth-order valence-electron chi connectivity index (χ4n) is 3.48. The van der Waals surface area contributed by atoms with Gasteiger partial charge in [0.2, 0.25) is 0 Å². The van der Waals surface area contributed by atoms with E-state index in [4.69, 9.17) is 4.98 Å². The fraction of sp³-hybridized carbons (Fsp3) is 0.789. The third kappa shape index (κ3) is 4.74. The van der Waals surface area contributed by atoms with E-state index < -0.39 is 6.10 Å². The molecule has 1 heterocycles. The molecule has 4 atom stereocenters. The van der Waals surface area contributed by atoms with Crippen LogP contribution < -0.4 is 5.32 Å². The molecule has 1 aliphatic carbocycles. The number of aliphatic hydroxyl groups excluding tert-OH is 2. The van der Waals surface area contributed by atoms with E-state index in [1.165, 1.54) is 0 Å². The highest BCUT2D eigenvalue weighted by molar-refractivity contribution is 5.11. The van der Waals surface area contributed by atoms with Crippen LogP contribution in [0.4, 0.5) is 0 Å². The van der Waals surface area contributed by atoms with E-state index >= 15 is 0 Å². The third-order valence-corrected chi connectivity index (χ3v) is 4.88. The SMILES string of the molecule is CC(C)CNC1CC(O)C(CO)C1Cc1ccnc(C(C)(C)C)n1. The van der Waals surface area contributed by atoms with E-state index in [-0.39, 0.29) is 29.9 Å². The molecule has 1 aromatic heterocycles. The van der Waals surface area contributed by atoms with E-state index in [9.17, 15) is 10.2 Å². The van der Waals surface area contributed by atoms with Crippen LogP contribution in [0.3, 0.4) is 0 Å². The van der Waals surface area contributed by atoms with Gasteiger partial charge in [-0.3, -0.25) is 0 Å². The minimum Gasteiger partial charge on any atom is -0.396 e. The summed E-state index contributed by atoms with van der Waals surface area (Å²) < 4.78 is 0. The molecule has 5 nitrogen and oxygen atoms in total. The maximum Gasteiger partial charge on any atom is 0.133 e. The lowest BCUT2D eigenvalue weighted by Crippen LogP contribution is -2.38. The molecule has 1 aliphatic rings. The monoisotopic (exact) mass is 335 g/mol. The standard InChI is InChI=1S/C19H33N3O2/c1-12(2)10-21-16-9-17(24)15(11-23)14(16)8-13-6-7-20-18(22-13)19(3,4)5/h6-7,12,14-17,21,23-24H,8-11H2,1-5H3. The Hall–Kier alpha value is -1.04. The molecular formula is C19H33N3O2. The van der Waals surface area contributed by atoms with Gasteiger partial charge in [0, 0.05) is 35.9 Å². The molecule has 0 spiro atoms. The summed E-state index contributed by atoms with van der Waals surface area (Å²) in [7, 11) is 0. The van der Waals surface area contributed by atoms with Gasteiger partial charge in [0.15, 0.2) is 0 Å². The molecule has 0 aliphatic heterocycles. The number of aliphatic hydroxyl groups is 2. The van der Waals surface area contributed by atoms with Gasteiger partial charge in [-0.1, -0.05) is 34.6 Å². The van der Waals surface area contributed by atoms with Crippen molar-refractivity contribution in [1.82, 2.24) is 15.3 Å². The summed E-state index contributed by atoms with van der Waals surface area (Å²) >= 11 is 0. The number of hydrogen-bond acceptors (Lipinski definition) is 5. The van der Waals surface area contributed by atoms with Crippen molar-refractivity contribution < 1.29 is 10.2 Å². The average molecular weight is 335 g/mol. The van der Waals surface area contributed by atoms with Crippen LogP contribution in [0.5, 0.6) is 0 Å². The smallest absolute Gasteiger partial charge is 0.133 e. The molecule has 0 saturated heterocycles. The normalized spacial score (nSPS) is 27.8. The zero-order valence-corrected chi connectivity index (χ0v) is 15.7. The summed E-state index contributed by atoms with van der Waals surface area (Å²) in [5, 5.41) is 23.6. The van der Waals surface area contributed by atoms with Gasteiger partial charge >= 0.3 is 0 Å². The van der Waals surface area contributed by atoms with Crippen molar-refractivity contribution in [3.8, 4) is 0 Å². The second-order valence-electron chi connectivity index (χ2n) is 8.55. The predicted octanol–water partition coefficient (Wildman–Crippen LogP) is 1.92. The van der Waals surface area contributed by atoms with Crippen molar-refractivity contribution in [2.24, 2.45) is 17.8 Å². The molecule has 24 heavy (non-hydrogen) atoms. The maximum absolute atomic E-state index is 10.3. The largest absolute Gasteiger partial charge is 0.396 e. The summed E-state index contributed by atoms with van der Waals surface area (Å²) in [5.41, 5.74) is 0.903. The summed E-state index contributed by atoms with van der Waals surface area (Å²) in [5.74, 6) is 1.49. The zero-order chi connectivity index (χ0) is 17.9. The van der Waals surface area contributed by atoms with Crippen molar-refractivity contribution in [3.05, 3.63) is 23.8 Å². The predicted molar refractivity (Wildman–Crippen MR) is 95.8 cm³/mol. The molecule has 3 N–H and O–H groups in total. The Kier molecular flexibility index (Phi) is 6.34.